The van der Waals surface area contributed by atoms with Gasteiger partial charge in [-0.1, -0.05) is 29.8 Å². The van der Waals surface area contributed by atoms with Gasteiger partial charge in [-0.05, 0) is 41.3 Å². The topological polar surface area (TPSA) is 54.7 Å². The minimum absolute atomic E-state index is 0.464. The van der Waals surface area contributed by atoms with Crippen LogP contribution in [0, 0.1) is 6.92 Å². The Balaban J connectivity index is 2.05. The van der Waals surface area contributed by atoms with Gasteiger partial charge >= 0.3 is 0 Å². The van der Waals surface area contributed by atoms with Crippen molar-refractivity contribution in [3.63, 3.8) is 0 Å². The Morgan fingerprint density at radius 3 is 2.81 bits per heavy atom. The average Bonchev–Trinajstić information content (AvgIpc) is 2.54. The van der Waals surface area contributed by atoms with Gasteiger partial charge in [0.15, 0.2) is 5.95 Å². The molecule has 2 rings (SSSR count). The summed E-state index contributed by atoms with van der Waals surface area (Å²) in [5.41, 5.74) is 9.26. The Bertz CT molecular complexity index is 491. The number of halogens is 1. The molecule has 0 saturated carbocycles. The van der Waals surface area contributed by atoms with Crippen LogP contribution in [0.1, 0.15) is 16.8 Å². The Kier molecular flexibility index (Phi) is 3.29. The van der Waals surface area contributed by atoms with Crippen molar-refractivity contribution in [2.24, 2.45) is 0 Å². The molecule has 0 radical (unpaired) electrons. The largest absolute Gasteiger partial charge is 0.369 e. The maximum atomic E-state index is 5.58. The summed E-state index contributed by atoms with van der Waals surface area (Å²) in [7, 11) is 0. The molecule has 1 aromatic carbocycles. The second-order valence-electron chi connectivity index (χ2n) is 3.88. The minimum atomic E-state index is 0.464. The van der Waals surface area contributed by atoms with E-state index in [4.69, 9.17) is 5.73 Å². The number of hydrogen-bond acceptors (Lipinski definition) is 2. The van der Waals surface area contributed by atoms with Crippen LogP contribution in [0.4, 0.5) is 5.95 Å². The molecular weight excluding hydrogens is 266 g/mol. The Hall–Kier alpha value is -1.29. The number of anilines is 1. The molecule has 1 aromatic heterocycles. The van der Waals surface area contributed by atoms with Crippen molar-refractivity contribution in [3.05, 3.63) is 45.7 Å². The van der Waals surface area contributed by atoms with Crippen LogP contribution in [-0.2, 0) is 12.8 Å². The number of aryl methyl sites for hydroxylation is 3. The molecule has 0 spiro atoms. The zero-order chi connectivity index (χ0) is 11.5. The molecule has 0 atom stereocenters. The standard InChI is InChI=1S/C12H14BrN3/c1-8-3-2-4-9(7-8)5-6-10-11(13)16-12(14)15-10/h2-4,7H,5-6H2,1H3,(H3,14,15,16). The summed E-state index contributed by atoms with van der Waals surface area (Å²) in [6, 6.07) is 8.53. The van der Waals surface area contributed by atoms with Gasteiger partial charge in [0, 0.05) is 0 Å². The van der Waals surface area contributed by atoms with E-state index in [9.17, 15) is 0 Å². The quantitative estimate of drug-likeness (QED) is 0.908. The summed E-state index contributed by atoms with van der Waals surface area (Å²) in [5.74, 6) is 0.464. The molecule has 0 saturated heterocycles. The lowest BCUT2D eigenvalue weighted by molar-refractivity contribution is 0.919. The predicted octanol–water partition coefficient (Wildman–Crippen LogP) is 2.85. The van der Waals surface area contributed by atoms with Crippen LogP contribution in [0.15, 0.2) is 28.9 Å². The molecule has 0 aliphatic heterocycles. The van der Waals surface area contributed by atoms with Gasteiger partial charge in [-0.2, -0.15) is 0 Å². The van der Waals surface area contributed by atoms with Gasteiger partial charge in [0.25, 0.3) is 0 Å². The van der Waals surface area contributed by atoms with Gasteiger partial charge in [-0.3, -0.25) is 0 Å². The molecule has 3 nitrogen and oxygen atoms in total. The summed E-state index contributed by atoms with van der Waals surface area (Å²) in [6.07, 6.45) is 1.90. The van der Waals surface area contributed by atoms with E-state index >= 15 is 0 Å². The average molecular weight is 280 g/mol. The molecule has 0 aliphatic rings. The van der Waals surface area contributed by atoms with Gasteiger partial charge in [-0.25, -0.2) is 4.98 Å². The zero-order valence-electron chi connectivity index (χ0n) is 9.13. The van der Waals surface area contributed by atoms with Gasteiger partial charge in [0.1, 0.15) is 4.60 Å². The van der Waals surface area contributed by atoms with E-state index in [1.54, 1.807) is 0 Å². The highest BCUT2D eigenvalue weighted by molar-refractivity contribution is 9.10. The summed E-state index contributed by atoms with van der Waals surface area (Å²) in [4.78, 5) is 7.13. The molecule has 0 fully saturated rings. The summed E-state index contributed by atoms with van der Waals surface area (Å²) < 4.78 is 0.817. The molecule has 0 amide bonds. The van der Waals surface area contributed by atoms with Gasteiger partial charge < -0.3 is 10.7 Å². The minimum Gasteiger partial charge on any atom is -0.369 e. The van der Waals surface area contributed by atoms with Crippen molar-refractivity contribution in [3.8, 4) is 0 Å². The molecule has 4 heteroatoms. The summed E-state index contributed by atoms with van der Waals surface area (Å²) in [6.45, 7) is 2.10. The predicted molar refractivity (Wildman–Crippen MR) is 69.3 cm³/mol. The van der Waals surface area contributed by atoms with Crippen LogP contribution in [0.3, 0.4) is 0 Å². The molecule has 3 N–H and O–H groups in total. The molecule has 1 heterocycles. The van der Waals surface area contributed by atoms with E-state index in [2.05, 4.69) is 57.1 Å². The second kappa shape index (κ2) is 4.70. The lowest BCUT2D eigenvalue weighted by atomic mass is 10.1. The van der Waals surface area contributed by atoms with Crippen molar-refractivity contribution in [1.82, 2.24) is 9.97 Å². The first-order chi connectivity index (χ1) is 7.65. The third kappa shape index (κ3) is 2.64. The number of H-pyrrole nitrogens is 1. The fourth-order valence-corrected chi connectivity index (χ4v) is 2.20. The maximum Gasteiger partial charge on any atom is 0.198 e. The fourth-order valence-electron chi connectivity index (χ4n) is 1.71. The normalized spacial score (nSPS) is 10.6. The van der Waals surface area contributed by atoms with E-state index in [0.717, 1.165) is 23.1 Å². The summed E-state index contributed by atoms with van der Waals surface area (Å²) >= 11 is 3.38. The Morgan fingerprint density at radius 2 is 2.19 bits per heavy atom. The van der Waals surface area contributed by atoms with E-state index in [0.29, 0.717) is 5.95 Å². The molecule has 2 aromatic rings. The van der Waals surface area contributed by atoms with Gasteiger partial charge in [-0.15, -0.1) is 0 Å². The number of rotatable bonds is 3. The molecule has 0 bridgehead atoms. The van der Waals surface area contributed by atoms with Gasteiger partial charge in [0.05, 0.1) is 5.69 Å². The van der Waals surface area contributed by atoms with Crippen molar-refractivity contribution in [2.75, 3.05) is 5.73 Å². The lowest BCUT2D eigenvalue weighted by Gasteiger charge is -2.01. The number of imidazole rings is 1. The van der Waals surface area contributed by atoms with Crippen LogP contribution in [0.5, 0.6) is 0 Å². The number of aromatic nitrogens is 2. The number of nitrogen functional groups attached to an aromatic ring is 1. The van der Waals surface area contributed by atoms with Crippen LogP contribution in [0.2, 0.25) is 0 Å². The number of benzene rings is 1. The summed E-state index contributed by atoms with van der Waals surface area (Å²) in [5, 5.41) is 0. The fraction of sp³-hybridized carbons (Fsp3) is 0.250. The van der Waals surface area contributed by atoms with E-state index < -0.39 is 0 Å². The van der Waals surface area contributed by atoms with Crippen LogP contribution in [0.25, 0.3) is 0 Å². The van der Waals surface area contributed by atoms with E-state index in [1.807, 2.05) is 0 Å². The number of nitrogens with zero attached hydrogens (tertiary/aromatic N) is 1. The van der Waals surface area contributed by atoms with Crippen LogP contribution >= 0.6 is 15.9 Å². The first-order valence-electron chi connectivity index (χ1n) is 5.20. The van der Waals surface area contributed by atoms with Crippen molar-refractivity contribution in [1.29, 1.82) is 0 Å². The first-order valence-corrected chi connectivity index (χ1v) is 6.00. The number of nitrogens with two attached hydrogens (primary N) is 1. The van der Waals surface area contributed by atoms with Crippen molar-refractivity contribution in [2.45, 2.75) is 19.8 Å². The number of hydrogen-bond donors (Lipinski definition) is 2. The van der Waals surface area contributed by atoms with Gasteiger partial charge in [0.2, 0.25) is 0 Å². The van der Waals surface area contributed by atoms with Crippen LogP contribution < -0.4 is 5.73 Å². The van der Waals surface area contributed by atoms with Crippen molar-refractivity contribution >= 4 is 21.9 Å². The Morgan fingerprint density at radius 1 is 1.38 bits per heavy atom. The zero-order valence-corrected chi connectivity index (χ0v) is 10.7. The monoisotopic (exact) mass is 279 g/mol. The third-order valence-electron chi connectivity index (χ3n) is 2.49. The molecule has 16 heavy (non-hydrogen) atoms. The lowest BCUT2D eigenvalue weighted by Crippen LogP contribution is -1.93. The highest BCUT2D eigenvalue weighted by Crippen LogP contribution is 2.17. The number of aromatic amines is 1. The molecule has 84 valence electrons. The Labute approximate surface area is 103 Å². The number of nitrogens with one attached hydrogen (secondary N) is 1. The molecule has 0 unspecified atom stereocenters. The second-order valence-corrected chi connectivity index (χ2v) is 4.63. The molecule has 0 aliphatic carbocycles. The van der Waals surface area contributed by atoms with E-state index in [1.165, 1.54) is 11.1 Å². The third-order valence-corrected chi connectivity index (χ3v) is 3.15. The van der Waals surface area contributed by atoms with E-state index in [-0.39, 0.29) is 0 Å². The highest BCUT2D eigenvalue weighted by atomic mass is 79.9. The highest BCUT2D eigenvalue weighted by Gasteiger charge is 2.05. The maximum absolute atomic E-state index is 5.58. The van der Waals surface area contributed by atoms with Crippen molar-refractivity contribution < 1.29 is 0 Å². The van der Waals surface area contributed by atoms with Crippen LogP contribution in [-0.4, -0.2) is 9.97 Å². The SMILES string of the molecule is Cc1cccc(CCc2[nH]c(N)nc2Br)c1. The molecular formula is C12H14BrN3. The first kappa shape index (κ1) is 11.2. The smallest absolute Gasteiger partial charge is 0.198 e.